The van der Waals surface area contributed by atoms with E-state index in [1.54, 1.807) is 0 Å². The van der Waals surface area contributed by atoms with E-state index in [9.17, 15) is 17.8 Å². The van der Waals surface area contributed by atoms with Crippen LogP contribution in [0, 0.1) is 0 Å². The minimum Gasteiger partial charge on any atom is -0.748 e. The first-order valence-corrected chi connectivity index (χ1v) is 4.75. The Morgan fingerprint density at radius 2 is 2.08 bits per heavy atom. The molecule has 0 radical (unpaired) electrons. The fourth-order valence-electron chi connectivity index (χ4n) is 0.515. The summed E-state index contributed by atoms with van der Waals surface area (Å²) in [4.78, 5) is 11.9. The molecule has 0 aliphatic rings. The van der Waals surface area contributed by atoms with Gasteiger partial charge in [-0.1, -0.05) is 6.58 Å². The number of likely N-dealkylation sites (N-methyl/N-ethyl adjacent to an activating group) is 1. The van der Waals surface area contributed by atoms with Crippen LogP contribution in [0.4, 0.5) is 0 Å². The van der Waals surface area contributed by atoms with Crippen molar-refractivity contribution in [2.45, 2.75) is 0 Å². The van der Waals surface area contributed by atoms with E-state index in [1.807, 2.05) is 0 Å². The molecule has 0 aliphatic heterocycles. The summed E-state index contributed by atoms with van der Waals surface area (Å²) in [5.41, 5.74) is 0. The minimum absolute atomic E-state index is 0. The number of hydrogen-bond donors (Lipinski definition) is 0. The molecule has 7 heteroatoms. The summed E-state index contributed by atoms with van der Waals surface area (Å²) in [5.74, 6) is -0.970. The molecule has 0 fully saturated rings. The SMILES string of the molecule is C=CC(=O)N(C)CCS(=O)(=O)[O-].[K+]. The average molecular weight is 231 g/mol. The zero-order valence-electron chi connectivity index (χ0n) is 7.69. The van der Waals surface area contributed by atoms with Crippen LogP contribution in [0.5, 0.6) is 0 Å². The topological polar surface area (TPSA) is 77.5 Å². The van der Waals surface area contributed by atoms with Crippen LogP contribution < -0.4 is 51.4 Å². The molecule has 13 heavy (non-hydrogen) atoms. The van der Waals surface area contributed by atoms with Crippen molar-refractivity contribution in [1.29, 1.82) is 0 Å². The number of rotatable bonds is 4. The van der Waals surface area contributed by atoms with Crippen molar-refractivity contribution in [2.75, 3.05) is 19.3 Å². The number of amides is 1. The summed E-state index contributed by atoms with van der Waals surface area (Å²) in [5, 5.41) is 0. The van der Waals surface area contributed by atoms with Gasteiger partial charge in [-0.15, -0.1) is 0 Å². The van der Waals surface area contributed by atoms with Crippen molar-refractivity contribution in [1.82, 2.24) is 4.90 Å². The molecule has 0 aromatic rings. The molecule has 0 aromatic carbocycles. The van der Waals surface area contributed by atoms with Crippen molar-refractivity contribution < 1.29 is 69.1 Å². The summed E-state index contributed by atoms with van der Waals surface area (Å²) >= 11 is 0. The van der Waals surface area contributed by atoms with Crippen molar-refractivity contribution in [3.63, 3.8) is 0 Å². The Kier molecular flexibility index (Phi) is 8.85. The van der Waals surface area contributed by atoms with Gasteiger partial charge in [-0.25, -0.2) is 8.42 Å². The van der Waals surface area contributed by atoms with Gasteiger partial charge in [0.25, 0.3) is 0 Å². The number of nitrogens with zero attached hydrogens (tertiary/aromatic N) is 1. The number of hydrogen-bond acceptors (Lipinski definition) is 4. The van der Waals surface area contributed by atoms with E-state index in [1.165, 1.54) is 7.05 Å². The van der Waals surface area contributed by atoms with Gasteiger partial charge in [-0.3, -0.25) is 4.79 Å². The second-order valence-corrected chi connectivity index (χ2v) is 3.75. The van der Waals surface area contributed by atoms with E-state index >= 15 is 0 Å². The Labute approximate surface area is 120 Å². The second-order valence-electron chi connectivity index (χ2n) is 2.23. The van der Waals surface area contributed by atoms with Crippen LogP contribution in [0.2, 0.25) is 0 Å². The summed E-state index contributed by atoms with van der Waals surface area (Å²) in [7, 11) is -2.84. The van der Waals surface area contributed by atoms with Gasteiger partial charge in [0.05, 0.1) is 15.9 Å². The van der Waals surface area contributed by atoms with Crippen molar-refractivity contribution in [3.05, 3.63) is 12.7 Å². The van der Waals surface area contributed by atoms with Crippen LogP contribution in [0.25, 0.3) is 0 Å². The van der Waals surface area contributed by atoms with E-state index in [-0.39, 0.29) is 57.9 Å². The first-order valence-electron chi connectivity index (χ1n) is 3.18. The average Bonchev–Trinajstić information content (AvgIpc) is 1.97. The third kappa shape index (κ3) is 9.07. The third-order valence-electron chi connectivity index (χ3n) is 1.23. The Bertz CT molecular complexity index is 274. The minimum atomic E-state index is -4.24. The predicted molar refractivity (Wildman–Crippen MR) is 42.4 cm³/mol. The van der Waals surface area contributed by atoms with Gasteiger partial charge in [-0.2, -0.15) is 0 Å². The molecule has 0 saturated heterocycles. The standard InChI is InChI=1S/C6H11NO4S.K/c1-3-6(8)7(2)4-5-12(9,10)11;/h3H,1,4-5H2,2H3,(H,9,10,11);/q;+1/p-1. The first-order chi connectivity index (χ1) is 5.37. The summed E-state index contributed by atoms with van der Waals surface area (Å²) < 4.78 is 30.4. The van der Waals surface area contributed by atoms with Crippen LogP contribution in [-0.4, -0.2) is 43.1 Å². The van der Waals surface area contributed by atoms with Crippen molar-refractivity contribution >= 4 is 16.0 Å². The molecule has 0 heterocycles. The largest absolute Gasteiger partial charge is 1.00 e. The monoisotopic (exact) mass is 231 g/mol. The second kappa shape index (κ2) is 7.10. The summed E-state index contributed by atoms with van der Waals surface area (Å²) in [6.45, 7) is 3.11. The van der Waals surface area contributed by atoms with Crippen LogP contribution in [0.3, 0.4) is 0 Å². The molecular formula is C6H10KNO4S. The number of carbonyl (C=O) groups is 1. The first kappa shape index (κ1) is 16.2. The van der Waals surface area contributed by atoms with Crippen LogP contribution in [-0.2, 0) is 14.9 Å². The van der Waals surface area contributed by atoms with Gasteiger partial charge in [0.15, 0.2) is 0 Å². The molecule has 0 N–H and O–H groups in total. The molecule has 0 aromatic heterocycles. The van der Waals surface area contributed by atoms with Gasteiger partial charge in [0.1, 0.15) is 0 Å². The van der Waals surface area contributed by atoms with Crippen molar-refractivity contribution in [2.24, 2.45) is 0 Å². The molecule has 0 aliphatic carbocycles. The van der Waals surface area contributed by atoms with Crippen molar-refractivity contribution in [3.8, 4) is 0 Å². The molecule has 0 bridgehead atoms. The molecule has 5 nitrogen and oxygen atoms in total. The Balaban J connectivity index is 0. The fraction of sp³-hybridized carbons (Fsp3) is 0.500. The maximum atomic E-state index is 10.7. The molecule has 0 saturated carbocycles. The van der Waals surface area contributed by atoms with Crippen LogP contribution in [0.1, 0.15) is 0 Å². The molecule has 0 unspecified atom stereocenters. The molecule has 0 spiro atoms. The van der Waals surface area contributed by atoms with Gasteiger partial charge in [0.2, 0.25) is 5.91 Å². The molecule has 0 atom stereocenters. The zero-order valence-corrected chi connectivity index (χ0v) is 11.6. The Hall–Kier alpha value is 0.756. The van der Waals surface area contributed by atoms with E-state index in [4.69, 9.17) is 0 Å². The fourth-order valence-corrected chi connectivity index (χ4v) is 1.01. The third-order valence-corrected chi connectivity index (χ3v) is 1.91. The van der Waals surface area contributed by atoms with E-state index in [0.29, 0.717) is 0 Å². The van der Waals surface area contributed by atoms with E-state index < -0.39 is 21.8 Å². The summed E-state index contributed by atoms with van der Waals surface area (Å²) in [6, 6.07) is 0. The number of carbonyl (C=O) groups excluding carboxylic acids is 1. The normalized spacial score (nSPS) is 10.0. The van der Waals surface area contributed by atoms with E-state index in [0.717, 1.165) is 11.0 Å². The van der Waals surface area contributed by atoms with Gasteiger partial charge in [0, 0.05) is 13.6 Å². The zero-order chi connectivity index (χ0) is 9.78. The molecular weight excluding hydrogens is 221 g/mol. The maximum Gasteiger partial charge on any atom is 1.00 e. The molecule has 0 rings (SSSR count). The smallest absolute Gasteiger partial charge is 0.748 e. The predicted octanol–water partition coefficient (Wildman–Crippen LogP) is -3.82. The van der Waals surface area contributed by atoms with Gasteiger partial charge in [-0.05, 0) is 6.08 Å². The van der Waals surface area contributed by atoms with E-state index in [2.05, 4.69) is 6.58 Å². The quantitative estimate of drug-likeness (QED) is 0.282. The Morgan fingerprint density at radius 1 is 1.62 bits per heavy atom. The summed E-state index contributed by atoms with van der Waals surface area (Å²) in [6.07, 6.45) is 1.05. The molecule has 1 amide bonds. The van der Waals surface area contributed by atoms with Crippen LogP contribution in [0.15, 0.2) is 12.7 Å². The van der Waals surface area contributed by atoms with Gasteiger partial charge >= 0.3 is 51.4 Å². The van der Waals surface area contributed by atoms with Gasteiger partial charge < -0.3 is 9.45 Å². The molecule has 70 valence electrons. The van der Waals surface area contributed by atoms with Crippen LogP contribution >= 0.6 is 0 Å². The maximum absolute atomic E-state index is 10.7. The Morgan fingerprint density at radius 3 is 2.38 bits per heavy atom.